The summed E-state index contributed by atoms with van der Waals surface area (Å²) in [5.74, 6) is 6.00. The molecule has 0 fully saturated rings. The first-order valence-electron chi connectivity index (χ1n) is 6.43. The monoisotopic (exact) mass is 259 g/mol. The predicted octanol–water partition coefficient (Wildman–Crippen LogP) is 3.13. The summed E-state index contributed by atoms with van der Waals surface area (Å²) in [6.07, 6.45) is 1.75. The fourth-order valence-electron chi connectivity index (χ4n) is 2.12. The van der Waals surface area contributed by atoms with E-state index in [-0.39, 0.29) is 5.91 Å². The van der Waals surface area contributed by atoms with Gasteiger partial charge in [0, 0.05) is 22.8 Å². The van der Waals surface area contributed by atoms with Crippen LogP contribution in [0.25, 0.3) is 5.70 Å². The molecule has 0 saturated heterocycles. The molecule has 96 valence electrons. The molecule has 0 aromatic heterocycles. The molecule has 0 saturated carbocycles. The molecule has 1 aliphatic heterocycles. The highest BCUT2D eigenvalue weighted by Gasteiger charge is 2.21. The lowest BCUT2D eigenvalue weighted by atomic mass is 10.1. The standard InChI is InChI=1S/C18H13NO/c1-13-9-11-14(12-10-13)5-4-8-17-15-6-2-3-7-16(15)18(20)19-17/h2-3,6-12H,1H3,(H,19,20)/b17-8-. The second kappa shape index (κ2) is 5.07. The van der Waals surface area contributed by atoms with Crippen LogP contribution in [0.1, 0.15) is 27.0 Å². The average molecular weight is 259 g/mol. The van der Waals surface area contributed by atoms with Gasteiger partial charge < -0.3 is 5.32 Å². The third-order valence-corrected chi connectivity index (χ3v) is 3.19. The van der Waals surface area contributed by atoms with E-state index < -0.39 is 0 Å². The summed E-state index contributed by atoms with van der Waals surface area (Å²) in [5, 5.41) is 2.83. The van der Waals surface area contributed by atoms with Gasteiger partial charge in [-0.3, -0.25) is 4.79 Å². The maximum absolute atomic E-state index is 11.7. The number of fused-ring (bicyclic) bond motifs is 1. The number of benzene rings is 2. The lowest BCUT2D eigenvalue weighted by molar-refractivity contribution is 0.0981. The molecule has 20 heavy (non-hydrogen) atoms. The summed E-state index contributed by atoms with van der Waals surface area (Å²) >= 11 is 0. The molecule has 0 unspecified atom stereocenters. The van der Waals surface area contributed by atoms with Crippen molar-refractivity contribution < 1.29 is 4.79 Å². The number of allylic oxidation sites excluding steroid dienone is 1. The number of carbonyl (C=O) groups is 1. The second-order valence-corrected chi connectivity index (χ2v) is 4.69. The minimum Gasteiger partial charge on any atom is -0.321 e. The molecule has 2 aromatic carbocycles. The Bertz CT molecular complexity index is 758. The Morgan fingerprint density at radius 1 is 1.00 bits per heavy atom. The van der Waals surface area contributed by atoms with Crippen LogP contribution >= 0.6 is 0 Å². The summed E-state index contributed by atoms with van der Waals surface area (Å²) in [4.78, 5) is 11.7. The SMILES string of the molecule is Cc1ccc(C#C/C=C2\NC(=O)c3ccccc32)cc1. The van der Waals surface area contributed by atoms with E-state index in [1.165, 1.54) is 5.56 Å². The quantitative estimate of drug-likeness (QED) is 0.724. The highest BCUT2D eigenvalue weighted by Crippen LogP contribution is 2.23. The molecule has 0 radical (unpaired) electrons. The molecule has 1 heterocycles. The first-order valence-corrected chi connectivity index (χ1v) is 6.43. The third-order valence-electron chi connectivity index (χ3n) is 3.19. The lowest BCUT2D eigenvalue weighted by Crippen LogP contribution is -2.11. The largest absolute Gasteiger partial charge is 0.321 e. The minimum atomic E-state index is -0.0658. The molecular formula is C18H13NO. The number of rotatable bonds is 0. The van der Waals surface area contributed by atoms with E-state index in [4.69, 9.17) is 0 Å². The van der Waals surface area contributed by atoms with E-state index in [1.807, 2.05) is 55.5 Å². The fraction of sp³-hybridized carbons (Fsp3) is 0.0556. The normalized spacial score (nSPS) is 14.4. The van der Waals surface area contributed by atoms with Crippen molar-refractivity contribution in [2.24, 2.45) is 0 Å². The first kappa shape index (κ1) is 12.3. The van der Waals surface area contributed by atoms with Crippen molar-refractivity contribution in [3.63, 3.8) is 0 Å². The van der Waals surface area contributed by atoms with E-state index in [1.54, 1.807) is 6.08 Å². The average Bonchev–Trinajstić information content (AvgIpc) is 2.79. The zero-order chi connectivity index (χ0) is 13.9. The van der Waals surface area contributed by atoms with Crippen LogP contribution in [-0.4, -0.2) is 5.91 Å². The Labute approximate surface area is 118 Å². The Hall–Kier alpha value is -2.79. The number of amides is 1. The Kier molecular flexibility index (Phi) is 3.10. The van der Waals surface area contributed by atoms with Gasteiger partial charge in [-0.2, -0.15) is 0 Å². The van der Waals surface area contributed by atoms with Gasteiger partial charge in [0.05, 0.1) is 5.70 Å². The Balaban J connectivity index is 1.89. The van der Waals surface area contributed by atoms with Crippen LogP contribution in [0.4, 0.5) is 0 Å². The zero-order valence-electron chi connectivity index (χ0n) is 11.1. The number of nitrogens with one attached hydrogen (secondary N) is 1. The van der Waals surface area contributed by atoms with Crippen molar-refractivity contribution in [3.8, 4) is 11.8 Å². The van der Waals surface area contributed by atoms with Gasteiger partial charge in [0.15, 0.2) is 0 Å². The number of aryl methyl sites for hydroxylation is 1. The van der Waals surface area contributed by atoms with E-state index in [0.717, 1.165) is 16.8 Å². The van der Waals surface area contributed by atoms with Crippen molar-refractivity contribution in [3.05, 3.63) is 76.9 Å². The number of carbonyl (C=O) groups excluding carboxylic acids is 1. The Morgan fingerprint density at radius 3 is 2.45 bits per heavy atom. The van der Waals surface area contributed by atoms with Gasteiger partial charge in [-0.15, -0.1) is 0 Å². The van der Waals surface area contributed by atoms with Crippen LogP contribution in [-0.2, 0) is 0 Å². The molecule has 0 atom stereocenters. The number of hydrogen-bond acceptors (Lipinski definition) is 1. The van der Waals surface area contributed by atoms with Crippen LogP contribution in [0.2, 0.25) is 0 Å². The molecule has 2 heteroatoms. The van der Waals surface area contributed by atoms with Crippen molar-refractivity contribution in [2.45, 2.75) is 6.92 Å². The highest BCUT2D eigenvalue weighted by atomic mass is 16.1. The van der Waals surface area contributed by atoms with E-state index in [9.17, 15) is 4.79 Å². The molecule has 2 nitrogen and oxygen atoms in total. The van der Waals surface area contributed by atoms with E-state index in [0.29, 0.717) is 5.56 Å². The van der Waals surface area contributed by atoms with Gasteiger partial charge >= 0.3 is 0 Å². The number of hydrogen-bond donors (Lipinski definition) is 1. The van der Waals surface area contributed by atoms with Crippen LogP contribution in [0.15, 0.2) is 54.6 Å². The predicted molar refractivity (Wildman–Crippen MR) is 79.9 cm³/mol. The summed E-state index contributed by atoms with van der Waals surface area (Å²) in [5.41, 5.74) is 4.56. The molecule has 0 bridgehead atoms. The van der Waals surface area contributed by atoms with Crippen LogP contribution in [0, 0.1) is 18.8 Å². The smallest absolute Gasteiger partial charge is 0.256 e. The molecule has 1 aliphatic rings. The highest BCUT2D eigenvalue weighted by molar-refractivity contribution is 6.09. The molecule has 1 amide bonds. The fourth-order valence-corrected chi connectivity index (χ4v) is 2.12. The lowest BCUT2D eigenvalue weighted by Gasteiger charge is -1.95. The van der Waals surface area contributed by atoms with Gasteiger partial charge in [-0.05, 0) is 25.1 Å². The molecule has 0 aliphatic carbocycles. The first-order chi connectivity index (χ1) is 9.74. The van der Waals surface area contributed by atoms with Crippen molar-refractivity contribution in [1.29, 1.82) is 0 Å². The molecule has 0 spiro atoms. The van der Waals surface area contributed by atoms with Crippen LogP contribution < -0.4 is 5.32 Å². The van der Waals surface area contributed by atoms with Gasteiger partial charge in [0.1, 0.15) is 0 Å². The van der Waals surface area contributed by atoms with Crippen molar-refractivity contribution in [1.82, 2.24) is 5.32 Å². The third kappa shape index (κ3) is 2.34. The van der Waals surface area contributed by atoms with E-state index in [2.05, 4.69) is 17.2 Å². The molecule has 2 aromatic rings. The maximum Gasteiger partial charge on any atom is 0.256 e. The molecular weight excluding hydrogens is 246 g/mol. The molecule has 1 N–H and O–H groups in total. The minimum absolute atomic E-state index is 0.0658. The van der Waals surface area contributed by atoms with Crippen LogP contribution in [0.5, 0.6) is 0 Å². The van der Waals surface area contributed by atoms with Gasteiger partial charge in [0.25, 0.3) is 5.91 Å². The topological polar surface area (TPSA) is 29.1 Å². The molecule has 3 rings (SSSR count). The zero-order valence-corrected chi connectivity index (χ0v) is 11.1. The second-order valence-electron chi connectivity index (χ2n) is 4.69. The summed E-state index contributed by atoms with van der Waals surface area (Å²) in [6, 6.07) is 15.6. The summed E-state index contributed by atoms with van der Waals surface area (Å²) in [6.45, 7) is 2.05. The summed E-state index contributed by atoms with van der Waals surface area (Å²) in [7, 11) is 0. The maximum atomic E-state index is 11.7. The van der Waals surface area contributed by atoms with Gasteiger partial charge in [-0.1, -0.05) is 47.7 Å². The van der Waals surface area contributed by atoms with Crippen LogP contribution in [0.3, 0.4) is 0 Å². The summed E-state index contributed by atoms with van der Waals surface area (Å²) < 4.78 is 0. The van der Waals surface area contributed by atoms with Gasteiger partial charge in [0.2, 0.25) is 0 Å². The Morgan fingerprint density at radius 2 is 1.70 bits per heavy atom. The van der Waals surface area contributed by atoms with Crippen molar-refractivity contribution in [2.75, 3.05) is 0 Å². The van der Waals surface area contributed by atoms with E-state index >= 15 is 0 Å². The van der Waals surface area contributed by atoms with Crippen molar-refractivity contribution >= 4 is 11.6 Å². The van der Waals surface area contributed by atoms with Gasteiger partial charge in [-0.25, -0.2) is 0 Å².